The fourth-order valence-electron chi connectivity index (χ4n) is 1.31. The second kappa shape index (κ2) is 5.42. The van der Waals surface area contributed by atoms with Crippen LogP contribution in [0.3, 0.4) is 0 Å². The summed E-state index contributed by atoms with van der Waals surface area (Å²) in [6.45, 7) is 0. The summed E-state index contributed by atoms with van der Waals surface area (Å²) in [5, 5.41) is 0.856. The summed E-state index contributed by atoms with van der Waals surface area (Å²) in [6.07, 6.45) is 0. The summed E-state index contributed by atoms with van der Waals surface area (Å²) in [5.74, 6) is 0.463. The molecule has 2 N–H and O–H groups in total. The molecule has 17 heavy (non-hydrogen) atoms. The summed E-state index contributed by atoms with van der Waals surface area (Å²) in [7, 11) is 1.56. The Morgan fingerprint density at radius 1 is 1.29 bits per heavy atom. The van der Waals surface area contributed by atoms with Gasteiger partial charge >= 0.3 is 0 Å². The molecule has 0 atom stereocenters. The summed E-state index contributed by atoms with van der Waals surface area (Å²) < 4.78 is 6.13. The number of aromatic nitrogens is 1. The van der Waals surface area contributed by atoms with Gasteiger partial charge in [0.2, 0.25) is 5.88 Å². The number of nitrogens with two attached hydrogens (primary N) is 1. The van der Waals surface area contributed by atoms with E-state index in [9.17, 15) is 0 Å². The largest absolute Gasteiger partial charge is 0.480 e. The predicted molar refractivity (Wildman–Crippen MR) is 73.5 cm³/mol. The number of nitrogen functional groups attached to an aromatic ring is 1. The van der Waals surface area contributed by atoms with Gasteiger partial charge in [-0.15, -0.1) is 0 Å². The first-order valence-electron chi connectivity index (χ1n) is 4.93. The fourth-order valence-corrected chi connectivity index (χ4v) is 2.70. The van der Waals surface area contributed by atoms with Crippen molar-refractivity contribution in [2.75, 3.05) is 12.8 Å². The third-order valence-electron chi connectivity index (χ3n) is 2.08. The molecule has 0 aliphatic rings. The van der Waals surface area contributed by atoms with Crippen LogP contribution in [0.5, 0.6) is 5.88 Å². The predicted octanol–water partition coefficient (Wildman–Crippen LogP) is 3.59. The Hall–Kier alpha value is -1.20. The molecule has 0 spiro atoms. The zero-order valence-corrected chi connectivity index (χ0v) is 11.6. The smallest absolute Gasteiger partial charge is 0.237 e. The Balaban J connectivity index is 2.24. The summed E-state index contributed by atoms with van der Waals surface area (Å²) in [5.41, 5.74) is 6.26. The Kier molecular flexibility index (Phi) is 3.91. The van der Waals surface area contributed by atoms with Crippen LogP contribution < -0.4 is 10.5 Å². The number of hydrogen-bond acceptors (Lipinski definition) is 4. The molecule has 88 valence electrons. The number of hydrogen-bond donors (Lipinski definition) is 1. The van der Waals surface area contributed by atoms with Crippen LogP contribution in [0, 0.1) is 0 Å². The topological polar surface area (TPSA) is 48.1 Å². The third-order valence-corrected chi connectivity index (χ3v) is 3.50. The monoisotopic (exact) mass is 310 g/mol. The van der Waals surface area contributed by atoms with Gasteiger partial charge in [-0.05, 0) is 30.3 Å². The molecule has 0 saturated carbocycles. The average molecular weight is 311 g/mol. The van der Waals surface area contributed by atoms with Gasteiger partial charge in [-0.25, -0.2) is 4.98 Å². The van der Waals surface area contributed by atoms with Crippen molar-refractivity contribution in [3.05, 3.63) is 40.9 Å². The number of nitrogens with zero attached hydrogens (tertiary/aromatic N) is 1. The molecule has 1 aromatic heterocycles. The van der Waals surface area contributed by atoms with Crippen molar-refractivity contribution >= 4 is 33.4 Å². The SMILES string of the molecule is COc1nc(Sc2cccc(Br)c2)ccc1N. The van der Waals surface area contributed by atoms with Crippen LogP contribution in [0.2, 0.25) is 0 Å². The molecule has 0 fully saturated rings. The maximum atomic E-state index is 5.71. The van der Waals surface area contributed by atoms with E-state index in [-0.39, 0.29) is 0 Å². The van der Waals surface area contributed by atoms with Crippen LogP contribution in [0.15, 0.2) is 50.8 Å². The first kappa shape index (κ1) is 12.3. The van der Waals surface area contributed by atoms with E-state index in [0.29, 0.717) is 11.6 Å². The normalized spacial score (nSPS) is 10.2. The van der Waals surface area contributed by atoms with Crippen molar-refractivity contribution in [2.24, 2.45) is 0 Å². The minimum Gasteiger partial charge on any atom is -0.480 e. The van der Waals surface area contributed by atoms with Crippen molar-refractivity contribution in [1.29, 1.82) is 0 Å². The summed E-state index contributed by atoms with van der Waals surface area (Å²) >= 11 is 5.00. The first-order chi connectivity index (χ1) is 8.19. The Morgan fingerprint density at radius 3 is 2.82 bits per heavy atom. The maximum absolute atomic E-state index is 5.71. The van der Waals surface area contributed by atoms with Crippen molar-refractivity contribution in [3.63, 3.8) is 0 Å². The number of anilines is 1. The molecule has 1 heterocycles. The van der Waals surface area contributed by atoms with E-state index >= 15 is 0 Å². The number of pyridine rings is 1. The van der Waals surface area contributed by atoms with Crippen LogP contribution >= 0.6 is 27.7 Å². The lowest BCUT2D eigenvalue weighted by molar-refractivity contribution is 0.397. The third kappa shape index (κ3) is 3.14. The highest BCUT2D eigenvalue weighted by molar-refractivity contribution is 9.10. The highest BCUT2D eigenvalue weighted by Crippen LogP contribution is 2.30. The average Bonchev–Trinajstić information content (AvgIpc) is 2.32. The van der Waals surface area contributed by atoms with Gasteiger partial charge in [-0.3, -0.25) is 0 Å². The Morgan fingerprint density at radius 2 is 2.12 bits per heavy atom. The molecule has 2 rings (SSSR count). The van der Waals surface area contributed by atoms with E-state index in [0.717, 1.165) is 14.4 Å². The quantitative estimate of drug-likeness (QED) is 0.941. The van der Waals surface area contributed by atoms with Crippen LogP contribution in [-0.2, 0) is 0 Å². The molecular formula is C12H11BrN2OS. The van der Waals surface area contributed by atoms with Gasteiger partial charge in [-0.2, -0.15) is 0 Å². The van der Waals surface area contributed by atoms with Gasteiger partial charge in [0.1, 0.15) is 5.03 Å². The number of methoxy groups -OCH3 is 1. The van der Waals surface area contributed by atoms with Crippen molar-refractivity contribution in [3.8, 4) is 5.88 Å². The van der Waals surface area contributed by atoms with Crippen LogP contribution in [-0.4, -0.2) is 12.1 Å². The molecule has 3 nitrogen and oxygen atoms in total. The molecule has 0 amide bonds. The fraction of sp³-hybridized carbons (Fsp3) is 0.0833. The molecule has 0 aliphatic heterocycles. The molecule has 1 aromatic carbocycles. The highest BCUT2D eigenvalue weighted by Gasteiger charge is 2.04. The first-order valence-corrected chi connectivity index (χ1v) is 6.54. The van der Waals surface area contributed by atoms with Gasteiger partial charge < -0.3 is 10.5 Å². The molecule has 0 saturated heterocycles. The van der Waals surface area contributed by atoms with Gasteiger partial charge in [0.15, 0.2) is 0 Å². The summed E-state index contributed by atoms with van der Waals surface area (Å²) in [6, 6.07) is 11.7. The molecular weight excluding hydrogens is 300 g/mol. The van der Waals surface area contributed by atoms with Crippen molar-refractivity contribution in [2.45, 2.75) is 9.92 Å². The second-order valence-electron chi connectivity index (χ2n) is 3.31. The number of rotatable bonds is 3. The lowest BCUT2D eigenvalue weighted by atomic mass is 10.4. The number of benzene rings is 1. The maximum Gasteiger partial charge on any atom is 0.237 e. The molecule has 0 aliphatic carbocycles. The van der Waals surface area contributed by atoms with Gasteiger partial charge in [-0.1, -0.05) is 33.8 Å². The molecule has 0 radical (unpaired) electrons. The number of halogens is 1. The van der Waals surface area contributed by atoms with Gasteiger partial charge in [0, 0.05) is 9.37 Å². The molecule has 5 heteroatoms. The zero-order chi connectivity index (χ0) is 12.3. The minimum absolute atomic E-state index is 0.463. The van der Waals surface area contributed by atoms with Crippen LogP contribution in [0.1, 0.15) is 0 Å². The molecule has 0 bridgehead atoms. The van der Waals surface area contributed by atoms with Crippen molar-refractivity contribution < 1.29 is 4.74 Å². The second-order valence-corrected chi connectivity index (χ2v) is 5.32. The van der Waals surface area contributed by atoms with Gasteiger partial charge in [0.05, 0.1) is 12.8 Å². The lowest BCUT2D eigenvalue weighted by Gasteiger charge is -2.06. The zero-order valence-electron chi connectivity index (χ0n) is 9.18. The Labute approximate surface area is 113 Å². The van der Waals surface area contributed by atoms with Gasteiger partial charge in [0.25, 0.3) is 0 Å². The lowest BCUT2D eigenvalue weighted by Crippen LogP contribution is -1.95. The standard InChI is InChI=1S/C12H11BrN2OS/c1-16-12-10(14)5-6-11(15-12)17-9-4-2-3-8(13)7-9/h2-7H,14H2,1H3. The van der Waals surface area contributed by atoms with E-state index < -0.39 is 0 Å². The summed E-state index contributed by atoms with van der Waals surface area (Å²) in [4.78, 5) is 5.43. The van der Waals surface area contributed by atoms with E-state index in [1.165, 1.54) is 0 Å². The van der Waals surface area contributed by atoms with E-state index in [1.54, 1.807) is 24.9 Å². The minimum atomic E-state index is 0.463. The van der Waals surface area contributed by atoms with E-state index in [4.69, 9.17) is 10.5 Å². The van der Waals surface area contributed by atoms with Crippen LogP contribution in [0.4, 0.5) is 5.69 Å². The molecule has 2 aromatic rings. The number of ether oxygens (including phenoxy) is 1. The van der Waals surface area contributed by atoms with Crippen LogP contribution in [0.25, 0.3) is 0 Å². The van der Waals surface area contributed by atoms with E-state index in [2.05, 4.69) is 20.9 Å². The van der Waals surface area contributed by atoms with Crippen molar-refractivity contribution in [1.82, 2.24) is 4.98 Å². The van der Waals surface area contributed by atoms with E-state index in [1.807, 2.05) is 30.3 Å². The molecule has 0 unspecified atom stereocenters. The Bertz CT molecular complexity index is 534. The highest BCUT2D eigenvalue weighted by atomic mass is 79.9.